The van der Waals surface area contributed by atoms with Gasteiger partial charge < -0.3 is 10.2 Å². The van der Waals surface area contributed by atoms with Crippen molar-refractivity contribution in [2.75, 3.05) is 27.2 Å². The molecule has 2 aliphatic rings. The van der Waals surface area contributed by atoms with E-state index in [1.54, 1.807) is 4.90 Å². The molecular weight excluding hydrogens is 232 g/mol. The predicted molar refractivity (Wildman–Crippen MR) is 81.4 cm³/mol. The fourth-order valence-corrected chi connectivity index (χ4v) is 3.89. The van der Waals surface area contributed by atoms with E-state index in [1.165, 1.54) is 70.9 Å². The number of quaternary nitrogens is 2. The Bertz CT molecular complexity index is 283. The maximum atomic E-state index is 2.68. The first-order chi connectivity index (χ1) is 9.27. The summed E-state index contributed by atoms with van der Waals surface area (Å²) in [6.07, 6.45) is 15.4. The Balaban J connectivity index is 1.80. The fraction of sp³-hybridized carbons (Fsp3) is 0.882. The van der Waals surface area contributed by atoms with Crippen molar-refractivity contribution in [2.45, 2.75) is 63.8 Å². The maximum Gasteiger partial charge on any atom is 0.0925 e. The monoisotopic (exact) mass is 266 g/mol. The Labute approximate surface area is 119 Å². The molecule has 0 unspecified atom stereocenters. The lowest BCUT2D eigenvalue weighted by Gasteiger charge is -2.33. The Kier molecular flexibility index (Phi) is 6.39. The lowest BCUT2D eigenvalue weighted by Crippen LogP contribution is -3.06. The van der Waals surface area contributed by atoms with Gasteiger partial charge >= 0.3 is 0 Å². The Morgan fingerprint density at radius 1 is 1.16 bits per heavy atom. The van der Waals surface area contributed by atoms with Gasteiger partial charge in [0, 0.05) is 12.3 Å². The second-order valence-electron chi connectivity index (χ2n) is 6.91. The van der Waals surface area contributed by atoms with Crippen LogP contribution in [-0.2, 0) is 0 Å². The van der Waals surface area contributed by atoms with E-state index in [2.05, 4.69) is 25.5 Å². The second kappa shape index (κ2) is 8.06. The van der Waals surface area contributed by atoms with Gasteiger partial charge in [-0.25, -0.2) is 0 Å². The van der Waals surface area contributed by atoms with Crippen molar-refractivity contribution in [3.05, 3.63) is 11.6 Å². The molecule has 0 saturated heterocycles. The fourth-order valence-electron chi connectivity index (χ4n) is 3.89. The van der Waals surface area contributed by atoms with Crippen molar-refractivity contribution in [1.29, 1.82) is 0 Å². The minimum absolute atomic E-state index is 0.898. The van der Waals surface area contributed by atoms with Crippen molar-refractivity contribution >= 4 is 0 Å². The molecule has 3 N–H and O–H groups in total. The molecule has 0 radical (unpaired) electrons. The summed E-state index contributed by atoms with van der Waals surface area (Å²) in [5.41, 5.74) is 1.82. The van der Waals surface area contributed by atoms with E-state index in [0.717, 1.165) is 12.0 Å². The van der Waals surface area contributed by atoms with Gasteiger partial charge in [0.15, 0.2) is 0 Å². The zero-order valence-electron chi connectivity index (χ0n) is 13.1. The molecule has 0 amide bonds. The van der Waals surface area contributed by atoms with Gasteiger partial charge in [0.1, 0.15) is 0 Å². The molecule has 2 heteroatoms. The highest BCUT2D eigenvalue weighted by molar-refractivity contribution is 5.11. The largest absolute Gasteiger partial charge is 0.343 e. The zero-order valence-corrected chi connectivity index (χ0v) is 13.1. The van der Waals surface area contributed by atoms with Crippen LogP contribution in [0, 0.1) is 5.92 Å². The van der Waals surface area contributed by atoms with E-state index < -0.39 is 0 Å². The van der Waals surface area contributed by atoms with Crippen LogP contribution < -0.4 is 10.2 Å². The van der Waals surface area contributed by atoms with Crippen molar-refractivity contribution in [3.63, 3.8) is 0 Å². The van der Waals surface area contributed by atoms with Crippen molar-refractivity contribution in [3.8, 4) is 0 Å². The van der Waals surface area contributed by atoms with Crippen LogP contribution >= 0.6 is 0 Å². The molecule has 2 atom stereocenters. The smallest absolute Gasteiger partial charge is 0.0925 e. The number of hydrogen-bond donors (Lipinski definition) is 2. The highest BCUT2D eigenvalue weighted by Crippen LogP contribution is 2.33. The molecule has 0 heterocycles. The number of nitrogens with one attached hydrogen (secondary N) is 1. The van der Waals surface area contributed by atoms with Gasteiger partial charge in [-0.2, -0.15) is 0 Å². The molecule has 2 rings (SSSR count). The first-order valence-electron chi connectivity index (χ1n) is 8.58. The van der Waals surface area contributed by atoms with Gasteiger partial charge in [-0.15, -0.1) is 0 Å². The Morgan fingerprint density at radius 2 is 2.00 bits per heavy atom. The minimum atomic E-state index is 0.898. The molecule has 2 aliphatic carbocycles. The zero-order chi connectivity index (χ0) is 13.5. The van der Waals surface area contributed by atoms with Crippen molar-refractivity contribution in [1.82, 2.24) is 0 Å². The molecule has 110 valence electrons. The predicted octanol–water partition coefficient (Wildman–Crippen LogP) is 1.14. The highest BCUT2D eigenvalue weighted by atomic mass is 15.1. The van der Waals surface area contributed by atoms with Crippen LogP contribution in [0.15, 0.2) is 11.6 Å². The first-order valence-corrected chi connectivity index (χ1v) is 8.58. The molecule has 1 saturated carbocycles. The van der Waals surface area contributed by atoms with E-state index in [9.17, 15) is 0 Å². The summed E-state index contributed by atoms with van der Waals surface area (Å²) in [7, 11) is 4.52. The van der Waals surface area contributed by atoms with Gasteiger partial charge in [0.05, 0.1) is 33.2 Å². The van der Waals surface area contributed by atoms with Crippen LogP contribution in [0.3, 0.4) is 0 Å². The molecule has 0 spiro atoms. The lowest BCUT2D eigenvalue weighted by molar-refractivity contribution is -0.860. The summed E-state index contributed by atoms with van der Waals surface area (Å²) in [6, 6.07) is 0.898. The van der Waals surface area contributed by atoms with E-state index in [0.29, 0.717) is 0 Å². The van der Waals surface area contributed by atoms with E-state index in [1.807, 2.05) is 5.57 Å². The number of nitrogens with two attached hydrogens (primary N) is 1. The molecule has 0 aromatic heterocycles. The molecule has 19 heavy (non-hydrogen) atoms. The van der Waals surface area contributed by atoms with Gasteiger partial charge in [-0.05, 0) is 44.9 Å². The van der Waals surface area contributed by atoms with Crippen LogP contribution in [-0.4, -0.2) is 33.2 Å². The summed E-state index contributed by atoms with van der Waals surface area (Å²) in [5.74, 6) is 0.917. The summed E-state index contributed by atoms with van der Waals surface area (Å²) < 4.78 is 0. The third-order valence-electron chi connectivity index (χ3n) is 4.97. The Hall–Kier alpha value is -0.340. The highest BCUT2D eigenvalue weighted by Gasteiger charge is 2.30. The van der Waals surface area contributed by atoms with Crippen LogP contribution in [0.2, 0.25) is 0 Å². The summed E-state index contributed by atoms with van der Waals surface area (Å²) >= 11 is 0. The lowest BCUT2D eigenvalue weighted by atomic mass is 9.76. The standard InChI is InChI=1S/C17H32N2/c1-19(2)14-8-13-18-17-12-7-6-11-16(17)15-9-4-3-5-10-15/h9,16-18H,3-8,10-14H2,1-2H3/p+2/t16-,17+/m1/s1. The molecule has 0 aromatic carbocycles. The molecule has 0 aromatic rings. The summed E-state index contributed by atoms with van der Waals surface area (Å²) in [6.45, 7) is 2.65. The van der Waals surface area contributed by atoms with Crippen LogP contribution in [0.4, 0.5) is 0 Å². The Morgan fingerprint density at radius 3 is 2.74 bits per heavy atom. The van der Waals surface area contributed by atoms with Gasteiger partial charge in [0.25, 0.3) is 0 Å². The van der Waals surface area contributed by atoms with Gasteiger partial charge in [-0.1, -0.05) is 18.1 Å². The number of hydrogen-bond acceptors (Lipinski definition) is 0. The topological polar surface area (TPSA) is 21.1 Å². The molecular formula is C17H34N2+2. The normalized spacial score (nSPS) is 28.5. The van der Waals surface area contributed by atoms with Gasteiger partial charge in [0.2, 0.25) is 0 Å². The minimum Gasteiger partial charge on any atom is -0.343 e. The molecule has 0 aliphatic heterocycles. The maximum absolute atomic E-state index is 2.68. The van der Waals surface area contributed by atoms with E-state index >= 15 is 0 Å². The van der Waals surface area contributed by atoms with Crippen molar-refractivity contribution in [2.24, 2.45) is 5.92 Å². The first kappa shape index (κ1) is 15.1. The van der Waals surface area contributed by atoms with Gasteiger partial charge in [-0.3, -0.25) is 0 Å². The SMILES string of the molecule is C[NH+](C)CCC[NH2+][C@H]1CCCC[C@@H]1C1=CCCCC1. The average Bonchev–Trinajstić information content (AvgIpc) is 2.45. The average molecular weight is 266 g/mol. The molecule has 1 fully saturated rings. The second-order valence-corrected chi connectivity index (χ2v) is 6.91. The van der Waals surface area contributed by atoms with E-state index in [-0.39, 0.29) is 0 Å². The third-order valence-corrected chi connectivity index (χ3v) is 4.97. The number of allylic oxidation sites excluding steroid dienone is 1. The summed E-state index contributed by atoms with van der Waals surface area (Å²) in [4.78, 5) is 1.59. The van der Waals surface area contributed by atoms with Crippen LogP contribution in [0.5, 0.6) is 0 Å². The van der Waals surface area contributed by atoms with Crippen molar-refractivity contribution < 1.29 is 10.2 Å². The van der Waals surface area contributed by atoms with Crippen LogP contribution in [0.25, 0.3) is 0 Å². The number of rotatable bonds is 6. The van der Waals surface area contributed by atoms with Crippen LogP contribution in [0.1, 0.15) is 57.8 Å². The summed E-state index contributed by atoms with van der Waals surface area (Å²) in [5, 5.41) is 2.68. The molecule has 2 nitrogen and oxygen atoms in total. The quantitative estimate of drug-likeness (QED) is 0.531. The van der Waals surface area contributed by atoms with E-state index in [4.69, 9.17) is 0 Å². The third kappa shape index (κ3) is 4.92. The molecule has 0 bridgehead atoms.